The van der Waals surface area contributed by atoms with Gasteiger partial charge in [-0.25, -0.2) is 4.39 Å². The third-order valence-electron chi connectivity index (χ3n) is 2.70. The molecule has 1 atom stereocenters. The summed E-state index contributed by atoms with van der Waals surface area (Å²) in [6, 6.07) is 12.5. The predicted molar refractivity (Wildman–Crippen MR) is 83.9 cm³/mol. The van der Waals surface area contributed by atoms with Crippen LogP contribution in [0.1, 0.15) is 17.2 Å². The van der Waals surface area contributed by atoms with E-state index in [1.165, 1.54) is 12.1 Å². The number of hydrogen-bond acceptors (Lipinski definition) is 1. The van der Waals surface area contributed by atoms with Crippen LogP contribution >= 0.6 is 38.5 Å². The van der Waals surface area contributed by atoms with Crippen molar-refractivity contribution in [2.24, 2.45) is 5.73 Å². The lowest BCUT2D eigenvalue weighted by atomic mass is 10.00. The molecule has 0 saturated heterocycles. The maximum atomic E-state index is 13.1. The second-order valence-electron chi connectivity index (χ2n) is 4.11. The second kappa shape index (κ2) is 6.12. The van der Waals surface area contributed by atoms with Crippen molar-refractivity contribution in [2.45, 2.75) is 12.5 Å². The van der Waals surface area contributed by atoms with Crippen molar-refractivity contribution in [3.05, 3.63) is 67.5 Å². The number of hydrogen-bond donors (Lipinski definition) is 1. The lowest BCUT2D eigenvalue weighted by Gasteiger charge is -2.14. The largest absolute Gasteiger partial charge is 0.324 e. The zero-order valence-corrected chi connectivity index (χ0v) is 13.3. The third kappa shape index (κ3) is 3.52. The van der Waals surface area contributed by atoms with E-state index in [4.69, 9.17) is 5.73 Å². The maximum absolute atomic E-state index is 13.1. The van der Waals surface area contributed by atoms with Crippen LogP contribution in [0.2, 0.25) is 0 Å². The molecule has 2 aromatic rings. The van der Waals surface area contributed by atoms with Crippen LogP contribution in [0.4, 0.5) is 4.39 Å². The molecule has 1 unspecified atom stereocenters. The van der Waals surface area contributed by atoms with E-state index in [0.717, 1.165) is 19.2 Å². The SMILES string of the molecule is NC(Cc1cccc(F)c1)c1cc(Br)ccc1I. The van der Waals surface area contributed by atoms with Crippen LogP contribution in [0.25, 0.3) is 0 Å². The molecule has 0 saturated carbocycles. The highest BCUT2D eigenvalue weighted by atomic mass is 127. The first-order valence-corrected chi connectivity index (χ1v) is 7.38. The highest BCUT2D eigenvalue weighted by Gasteiger charge is 2.11. The summed E-state index contributed by atoms with van der Waals surface area (Å²) in [5.74, 6) is -0.219. The Morgan fingerprint density at radius 2 is 2.00 bits per heavy atom. The van der Waals surface area contributed by atoms with Gasteiger partial charge in [0.05, 0.1) is 0 Å². The Morgan fingerprint density at radius 3 is 2.72 bits per heavy atom. The number of nitrogens with two attached hydrogens (primary N) is 1. The first kappa shape index (κ1) is 14.0. The van der Waals surface area contributed by atoms with Crippen molar-refractivity contribution < 1.29 is 4.39 Å². The van der Waals surface area contributed by atoms with Crippen molar-refractivity contribution in [3.63, 3.8) is 0 Å². The first-order valence-electron chi connectivity index (χ1n) is 5.51. The molecule has 1 nitrogen and oxygen atoms in total. The molecule has 0 aliphatic carbocycles. The summed E-state index contributed by atoms with van der Waals surface area (Å²) in [5.41, 5.74) is 8.19. The molecule has 18 heavy (non-hydrogen) atoms. The summed E-state index contributed by atoms with van der Waals surface area (Å²) in [5, 5.41) is 0. The Hall–Kier alpha value is -0.460. The van der Waals surface area contributed by atoms with E-state index in [1.54, 1.807) is 6.07 Å². The van der Waals surface area contributed by atoms with Crippen LogP contribution in [0.5, 0.6) is 0 Å². The minimum Gasteiger partial charge on any atom is -0.324 e. The molecule has 0 radical (unpaired) electrons. The molecule has 2 aromatic carbocycles. The second-order valence-corrected chi connectivity index (χ2v) is 6.18. The van der Waals surface area contributed by atoms with E-state index in [9.17, 15) is 4.39 Å². The number of benzene rings is 2. The zero-order chi connectivity index (χ0) is 13.1. The van der Waals surface area contributed by atoms with Gasteiger partial charge < -0.3 is 5.73 Å². The fourth-order valence-electron chi connectivity index (χ4n) is 1.83. The van der Waals surface area contributed by atoms with Crippen molar-refractivity contribution in [1.82, 2.24) is 0 Å². The molecule has 0 aliphatic rings. The minimum absolute atomic E-state index is 0.129. The summed E-state index contributed by atoms with van der Waals surface area (Å²) in [4.78, 5) is 0. The molecule has 0 amide bonds. The molecule has 4 heteroatoms. The number of halogens is 3. The van der Waals surface area contributed by atoms with E-state index >= 15 is 0 Å². The fraction of sp³-hybridized carbons (Fsp3) is 0.143. The molecule has 0 aliphatic heterocycles. The maximum Gasteiger partial charge on any atom is 0.123 e. The monoisotopic (exact) mass is 419 g/mol. The van der Waals surface area contributed by atoms with Gasteiger partial charge in [0.1, 0.15) is 5.82 Å². The minimum atomic E-state index is -0.219. The molecule has 94 valence electrons. The molecular formula is C14H12BrFIN. The molecule has 0 spiro atoms. The van der Waals surface area contributed by atoms with E-state index < -0.39 is 0 Å². The Balaban J connectivity index is 2.21. The van der Waals surface area contributed by atoms with Crippen LogP contribution in [0, 0.1) is 9.39 Å². The van der Waals surface area contributed by atoms with E-state index in [0.29, 0.717) is 6.42 Å². The van der Waals surface area contributed by atoms with Crippen LogP contribution in [-0.4, -0.2) is 0 Å². The van der Waals surface area contributed by atoms with Gasteiger partial charge in [-0.2, -0.15) is 0 Å². The van der Waals surface area contributed by atoms with Gasteiger partial charge in [0.2, 0.25) is 0 Å². The van der Waals surface area contributed by atoms with Gasteiger partial charge in [0.25, 0.3) is 0 Å². The average Bonchev–Trinajstić information content (AvgIpc) is 2.32. The van der Waals surface area contributed by atoms with Gasteiger partial charge in [0, 0.05) is 14.1 Å². The van der Waals surface area contributed by atoms with E-state index in [-0.39, 0.29) is 11.9 Å². The Morgan fingerprint density at radius 1 is 1.22 bits per heavy atom. The molecule has 2 rings (SSSR count). The Labute approximate surface area is 128 Å². The summed E-state index contributed by atoms with van der Waals surface area (Å²) >= 11 is 5.71. The normalized spacial score (nSPS) is 12.4. The van der Waals surface area contributed by atoms with Crippen LogP contribution in [0.3, 0.4) is 0 Å². The van der Waals surface area contributed by atoms with Crippen molar-refractivity contribution in [3.8, 4) is 0 Å². The molecule has 0 heterocycles. The number of rotatable bonds is 3. The molecule has 0 aromatic heterocycles. The van der Waals surface area contributed by atoms with E-state index in [1.807, 2.05) is 24.3 Å². The predicted octanol–water partition coefficient (Wildman–Crippen LogP) is 4.44. The molecule has 2 N–H and O–H groups in total. The van der Waals surface area contributed by atoms with Gasteiger partial charge in [-0.3, -0.25) is 0 Å². The topological polar surface area (TPSA) is 26.0 Å². The van der Waals surface area contributed by atoms with Gasteiger partial charge >= 0.3 is 0 Å². The van der Waals surface area contributed by atoms with Crippen molar-refractivity contribution >= 4 is 38.5 Å². The lowest BCUT2D eigenvalue weighted by molar-refractivity contribution is 0.622. The Bertz CT molecular complexity index is 559. The molecular weight excluding hydrogens is 408 g/mol. The fourth-order valence-corrected chi connectivity index (χ4v) is 2.94. The van der Waals surface area contributed by atoms with Gasteiger partial charge in [-0.15, -0.1) is 0 Å². The summed E-state index contributed by atoms with van der Waals surface area (Å²) < 4.78 is 15.2. The highest BCUT2D eigenvalue weighted by Crippen LogP contribution is 2.25. The van der Waals surface area contributed by atoms with Crippen LogP contribution in [-0.2, 0) is 6.42 Å². The van der Waals surface area contributed by atoms with Gasteiger partial charge in [-0.05, 0) is 70.5 Å². The molecule has 0 fully saturated rings. The summed E-state index contributed by atoms with van der Waals surface area (Å²) in [6.45, 7) is 0. The van der Waals surface area contributed by atoms with Crippen LogP contribution in [0.15, 0.2) is 46.9 Å². The Kier molecular flexibility index (Phi) is 4.75. The van der Waals surface area contributed by atoms with Gasteiger partial charge in [-0.1, -0.05) is 28.1 Å². The average molecular weight is 420 g/mol. The quantitative estimate of drug-likeness (QED) is 0.731. The summed E-state index contributed by atoms with van der Waals surface area (Å²) in [6.07, 6.45) is 0.629. The third-order valence-corrected chi connectivity index (χ3v) is 4.18. The van der Waals surface area contributed by atoms with Crippen LogP contribution < -0.4 is 5.73 Å². The van der Waals surface area contributed by atoms with E-state index in [2.05, 4.69) is 38.5 Å². The van der Waals surface area contributed by atoms with Crippen molar-refractivity contribution in [1.29, 1.82) is 0 Å². The standard InChI is InChI=1S/C14H12BrFIN/c15-10-4-5-13(17)12(8-10)14(18)7-9-2-1-3-11(16)6-9/h1-6,8,14H,7,18H2. The van der Waals surface area contributed by atoms with Crippen molar-refractivity contribution in [2.75, 3.05) is 0 Å². The smallest absolute Gasteiger partial charge is 0.123 e. The molecule has 0 bridgehead atoms. The summed E-state index contributed by atoms with van der Waals surface area (Å²) in [7, 11) is 0. The highest BCUT2D eigenvalue weighted by molar-refractivity contribution is 14.1. The van der Waals surface area contributed by atoms with Gasteiger partial charge in [0.15, 0.2) is 0 Å². The zero-order valence-electron chi connectivity index (χ0n) is 9.54. The first-order chi connectivity index (χ1) is 8.56. The lowest BCUT2D eigenvalue weighted by Crippen LogP contribution is -2.14.